The van der Waals surface area contributed by atoms with Gasteiger partial charge in [0.2, 0.25) is 5.91 Å². The molecule has 1 amide bonds. The first kappa shape index (κ1) is 18.2. The second-order valence-corrected chi connectivity index (χ2v) is 5.88. The van der Waals surface area contributed by atoms with Crippen LogP contribution in [0, 0.1) is 11.7 Å². The molecule has 0 saturated heterocycles. The van der Waals surface area contributed by atoms with E-state index in [1.165, 1.54) is 11.6 Å². The third-order valence-corrected chi connectivity index (χ3v) is 3.80. The Morgan fingerprint density at radius 1 is 1.42 bits per heavy atom. The molecule has 0 aliphatic heterocycles. The maximum absolute atomic E-state index is 12.3. The van der Waals surface area contributed by atoms with Gasteiger partial charge in [0.1, 0.15) is 6.54 Å². The molecular weight excluding hydrogens is 341 g/mol. The molecule has 0 bridgehead atoms. The molecule has 1 aromatic carbocycles. The Kier molecular flexibility index (Phi) is 5.43. The summed E-state index contributed by atoms with van der Waals surface area (Å²) in [6.45, 7) is 1.35. The van der Waals surface area contributed by atoms with E-state index >= 15 is 0 Å². The van der Waals surface area contributed by atoms with Crippen molar-refractivity contribution in [2.75, 3.05) is 13.6 Å². The Balaban J connectivity index is 2.17. The number of H-pyrrole nitrogens is 1. The zero-order chi connectivity index (χ0) is 17.9. The lowest BCUT2D eigenvalue weighted by Crippen LogP contribution is -2.33. The van der Waals surface area contributed by atoms with E-state index in [0.717, 1.165) is 16.0 Å². The topological polar surface area (TPSA) is 53.9 Å². The lowest BCUT2D eigenvalue weighted by molar-refractivity contribution is -0.144. The number of likely N-dealkylation sites (N-methyl/N-ethyl adjacent to an activating group) is 1. The van der Waals surface area contributed by atoms with Gasteiger partial charge in [0.15, 0.2) is 10.6 Å². The Morgan fingerprint density at radius 3 is 2.75 bits per heavy atom. The van der Waals surface area contributed by atoms with E-state index in [1.807, 2.05) is 31.2 Å². The second-order valence-electron chi connectivity index (χ2n) is 5.49. The van der Waals surface area contributed by atoms with Gasteiger partial charge < -0.3 is 4.90 Å². The van der Waals surface area contributed by atoms with E-state index in [0.29, 0.717) is 5.82 Å². The van der Waals surface area contributed by atoms with Crippen LogP contribution in [0.5, 0.6) is 0 Å². The Bertz CT molecular complexity index is 782. The number of benzene rings is 1. The third kappa shape index (κ3) is 4.67. The van der Waals surface area contributed by atoms with Crippen LogP contribution in [0.1, 0.15) is 12.0 Å². The van der Waals surface area contributed by atoms with Crippen molar-refractivity contribution in [3.05, 3.63) is 34.6 Å². The summed E-state index contributed by atoms with van der Waals surface area (Å²) in [5, 5.41) is 6.74. The van der Waals surface area contributed by atoms with Crippen molar-refractivity contribution in [1.82, 2.24) is 19.7 Å². The summed E-state index contributed by atoms with van der Waals surface area (Å²) in [5.41, 5.74) is 1.79. The molecule has 0 atom stereocenters. The number of carbonyl (C=O) groups is 1. The van der Waals surface area contributed by atoms with Crippen molar-refractivity contribution in [2.45, 2.75) is 26.1 Å². The number of nitrogens with one attached hydrogen (secondary N) is 1. The maximum atomic E-state index is 12.3. The Labute approximate surface area is 142 Å². The molecule has 130 valence electrons. The van der Waals surface area contributed by atoms with Crippen LogP contribution < -0.4 is 0 Å². The predicted octanol–water partition coefficient (Wildman–Crippen LogP) is 3.33. The highest BCUT2D eigenvalue weighted by Crippen LogP contribution is 2.20. The molecule has 2 aromatic rings. The molecule has 0 aliphatic rings. The summed E-state index contributed by atoms with van der Waals surface area (Å²) in [5.74, 6) is 0.00641. The third-order valence-electron chi connectivity index (χ3n) is 3.48. The fourth-order valence-electron chi connectivity index (χ4n) is 2.14. The number of aryl methyl sites for hydroxylation is 1. The summed E-state index contributed by atoms with van der Waals surface area (Å²) in [7, 11) is 1.34. The van der Waals surface area contributed by atoms with Crippen LogP contribution in [0.2, 0.25) is 0 Å². The number of aromatic amines is 1. The monoisotopic (exact) mass is 358 g/mol. The number of halogens is 3. The Hall–Kier alpha value is -2.16. The molecule has 0 unspecified atom stereocenters. The van der Waals surface area contributed by atoms with Crippen LogP contribution in [0.25, 0.3) is 11.4 Å². The Morgan fingerprint density at radius 2 is 2.12 bits per heavy atom. The van der Waals surface area contributed by atoms with Gasteiger partial charge in [0.25, 0.3) is 0 Å². The first-order valence-electron chi connectivity index (χ1n) is 7.20. The number of rotatable bonds is 5. The van der Waals surface area contributed by atoms with Gasteiger partial charge in [0.05, 0.1) is 6.42 Å². The molecule has 0 aliphatic carbocycles. The molecule has 0 radical (unpaired) electrons. The molecule has 1 aromatic heterocycles. The van der Waals surface area contributed by atoms with Crippen LogP contribution in [0.3, 0.4) is 0 Å². The minimum Gasteiger partial charge on any atom is -0.344 e. The summed E-state index contributed by atoms with van der Waals surface area (Å²) < 4.78 is 38.5. The van der Waals surface area contributed by atoms with Crippen molar-refractivity contribution in [1.29, 1.82) is 0 Å². The summed E-state index contributed by atoms with van der Waals surface area (Å²) in [6.07, 6.45) is -5.34. The molecular formula is C15H17F3N4OS. The highest BCUT2D eigenvalue weighted by Gasteiger charge is 2.28. The van der Waals surface area contributed by atoms with Crippen LogP contribution in [0.15, 0.2) is 24.3 Å². The lowest BCUT2D eigenvalue weighted by Gasteiger charge is -2.18. The van der Waals surface area contributed by atoms with Crippen molar-refractivity contribution >= 4 is 18.1 Å². The van der Waals surface area contributed by atoms with Gasteiger partial charge >= 0.3 is 6.18 Å². The molecule has 2 rings (SSSR count). The highest BCUT2D eigenvalue weighted by atomic mass is 32.1. The normalized spacial score (nSPS) is 11.5. The van der Waals surface area contributed by atoms with Crippen LogP contribution in [0.4, 0.5) is 13.2 Å². The molecule has 1 N–H and O–H groups in total. The van der Waals surface area contributed by atoms with E-state index in [4.69, 9.17) is 12.2 Å². The molecule has 0 spiro atoms. The van der Waals surface area contributed by atoms with Crippen molar-refractivity contribution in [2.24, 2.45) is 0 Å². The number of carbonyl (C=O) groups excluding carboxylic acids is 1. The van der Waals surface area contributed by atoms with Gasteiger partial charge in [-0.2, -0.15) is 18.3 Å². The number of nitrogens with zero attached hydrogens (tertiary/aromatic N) is 3. The quantitative estimate of drug-likeness (QED) is 0.834. The first-order valence-corrected chi connectivity index (χ1v) is 7.61. The molecule has 9 heteroatoms. The average Bonchev–Trinajstić information content (AvgIpc) is 2.85. The summed E-state index contributed by atoms with van der Waals surface area (Å²) in [6, 6.07) is 7.49. The molecule has 1 heterocycles. The van der Waals surface area contributed by atoms with E-state index in [-0.39, 0.29) is 11.3 Å². The van der Waals surface area contributed by atoms with Gasteiger partial charge in [-0.25, -0.2) is 0 Å². The van der Waals surface area contributed by atoms with E-state index < -0.39 is 25.0 Å². The summed E-state index contributed by atoms with van der Waals surface area (Å²) in [4.78, 5) is 13.2. The van der Waals surface area contributed by atoms with E-state index in [9.17, 15) is 18.0 Å². The van der Waals surface area contributed by atoms with Gasteiger partial charge in [-0.15, -0.1) is 0 Å². The molecule has 5 nitrogen and oxygen atoms in total. The first-order chi connectivity index (χ1) is 11.2. The lowest BCUT2D eigenvalue weighted by atomic mass is 10.1. The van der Waals surface area contributed by atoms with Crippen LogP contribution in [-0.4, -0.2) is 45.3 Å². The number of alkyl halides is 3. The minimum absolute atomic E-state index is 0.174. The molecule has 24 heavy (non-hydrogen) atoms. The zero-order valence-electron chi connectivity index (χ0n) is 13.2. The van der Waals surface area contributed by atoms with Crippen LogP contribution >= 0.6 is 12.2 Å². The predicted molar refractivity (Wildman–Crippen MR) is 85.9 cm³/mol. The van der Waals surface area contributed by atoms with Crippen molar-refractivity contribution in [3.63, 3.8) is 0 Å². The zero-order valence-corrected chi connectivity index (χ0v) is 14.0. The number of hydrogen-bond acceptors (Lipinski definition) is 3. The van der Waals surface area contributed by atoms with Gasteiger partial charge in [-0.3, -0.25) is 14.5 Å². The fourth-order valence-corrected chi connectivity index (χ4v) is 2.34. The largest absolute Gasteiger partial charge is 0.390 e. The number of aromatic nitrogens is 3. The standard InChI is InChI=1S/C15H17F3N4OS/c1-10-4-3-5-11(8-10)13-19-20-14(24)22(13)9-12(23)21(2)7-6-15(16,17)18/h3-5,8H,6-7,9H2,1-2H3,(H,20,24). The second kappa shape index (κ2) is 7.16. The summed E-state index contributed by atoms with van der Waals surface area (Å²) >= 11 is 5.13. The molecule has 0 fully saturated rings. The van der Waals surface area contributed by atoms with Gasteiger partial charge in [0, 0.05) is 19.2 Å². The average molecular weight is 358 g/mol. The van der Waals surface area contributed by atoms with Gasteiger partial charge in [-0.05, 0) is 25.2 Å². The van der Waals surface area contributed by atoms with Crippen molar-refractivity contribution < 1.29 is 18.0 Å². The number of amides is 1. The fraction of sp³-hybridized carbons (Fsp3) is 0.400. The van der Waals surface area contributed by atoms with E-state index in [2.05, 4.69) is 10.2 Å². The highest BCUT2D eigenvalue weighted by molar-refractivity contribution is 7.71. The van der Waals surface area contributed by atoms with Crippen LogP contribution in [-0.2, 0) is 11.3 Å². The smallest absolute Gasteiger partial charge is 0.344 e. The van der Waals surface area contributed by atoms with Gasteiger partial charge in [-0.1, -0.05) is 23.8 Å². The van der Waals surface area contributed by atoms with E-state index in [1.54, 1.807) is 0 Å². The SMILES string of the molecule is Cc1cccc(-c2n[nH]c(=S)n2CC(=O)N(C)CCC(F)(F)F)c1. The molecule has 0 saturated carbocycles. The van der Waals surface area contributed by atoms with Crippen molar-refractivity contribution in [3.8, 4) is 11.4 Å². The maximum Gasteiger partial charge on any atom is 0.390 e. The minimum atomic E-state index is -4.30. The number of hydrogen-bond donors (Lipinski definition) is 1.